The minimum atomic E-state index is -1.54. The van der Waals surface area contributed by atoms with Gasteiger partial charge in [0.15, 0.2) is 5.13 Å². The number of aliphatic carboxylic acids is 1. The third kappa shape index (κ3) is 9.46. The van der Waals surface area contributed by atoms with E-state index < -0.39 is 65.0 Å². The van der Waals surface area contributed by atoms with Crippen molar-refractivity contribution in [3.05, 3.63) is 42.3 Å². The van der Waals surface area contributed by atoms with Gasteiger partial charge in [-0.3, -0.25) is 14.9 Å². The first-order chi connectivity index (χ1) is 27.5. The highest BCUT2D eigenvalue weighted by Gasteiger charge is 2.61. The molecule has 312 valence electrons. The van der Waals surface area contributed by atoms with E-state index in [1.165, 1.54) is 29.4 Å². The Morgan fingerprint density at radius 3 is 2.41 bits per heavy atom. The highest BCUT2D eigenvalue weighted by atomic mass is 32.1. The molecular formula is C41H52N6O10S. The number of carbonyl (C=O) groups is 5. The molecule has 2 aliphatic carbocycles. The molecule has 16 nitrogen and oxygen atoms in total. The second-order valence-electron chi connectivity index (χ2n) is 16.4. The average Bonchev–Trinajstić information content (AvgIpc) is 3.44. The highest BCUT2D eigenvalue weighted by Crippen LogP contribution is 2.45. The van der Waals surface area contributed by atoms with Gasteiger partial charge in [0.25, 0.3) is 0 Å². The number of hydrogen-bond donors (Lipinski definition) is 4. The number of benzene rings is 1. The molecule has 0 radical (unpaired) electrons. The fourth-order valence-electron chi connectivity index (χ4n) is 7.49. The number of carboxylic acids is 1. The SMILES string of the molecule is C=CC1CC1(NC(=O)C1CC(Oc2cc(-c3csc(NC(=O)OC(C)C)n3)nc3cc(OC)ccc23)CN1C(=O)C(NC(=O)OC1CCCCC1)C(C)(C)C)C(=O)O. The van der Waals surface area contributed by atoms with E-state index in [9.17, 15) is 29.1 Å². The first kappa shape index (κ1) is 42.2. The monoisotopic (exact) mass is 820 g/mol. The third-order valence-corrected chi connectivity index (χ3v) is 11.4. The van der Waals surface area contributed by atoms with Crippen LogP contribution in [0.3, 0.4) is 0 Å². The molecular weight excluding hydrogens is 769 g/mol. The van der Waals surface area contributed by atoms with E-state index >= 15 is 0 Å². The Kier molecular flexibility index (Phi) is 12.5. The van der Waals surface area contributed by atoms with Gasteiger partial charge in [-0.1, -0.05) is 33.3 Å². The molecule has 3 aliphatic rings. The second-order valence-corrected chi connectivity index (χ2v) is 17.3. The van der Waals surface area contributed by atoms with E-state index in [2.05, 4.69) is 27.5 Å². The molecule has 1 aliphatic heterocycles. The molecule has 17 heteroatoms. The zero-order chi connectivity index (χ0) is 41.9. The van der Waals surface area contributed by atoms with Crippen LogP contribution in [-0.2, 0) is 23.9 Å². The van der Waals surface area contributed by atoms with Crippen LogP contribution in [-0.4, -0.2) is 99.5 Å². The second kappa shape index (κ2) is 17.2. The number of anilines is 1. The van der Waals surface area contributed by atoms with Crippen molar-refractivity contribution in [2.45, 2.75) is 115 Å². The average molecular weight is 821 g/mol. The molecule has 4 N–H and O–H groups in total. The zero-order valence-corrected chi connectivity index (χ0v) is 34.5. The number of methoxy groups -OCH3 is 1. The molecule has 3 fully saturated rings. The molecule has 2 saturated carbocycles. The maximum atomic E-state index is 14.6. The number of pyridine rings is 1. The van der Waals surface area contributed by atoms with Crippen LogP contribution in [0.15, 0.2) is 42.3 Å². The van der Waals surface area contributed by atoms with Crippen LogP contribution < -0.4 is 25.4 Å². The lowest BCUT2D eigenvalue weighted by Crippen LogP contribution is -2.59. The van der Waals surface area contributed by atoms with Crippen molar-refractivity contribution in [1.29, 1.82) is 0 Å². The fraction of sp³-hybridized carbons (Fsp3) is 0.537. The minimum absolute atomic E-state index is 0.00739. The molecule has 0 spiro atoms. The molecule has 4 amide bonds. The van der Waals surface area contributed by atoms with Crippen molar-refractivity contribution in [2.24, 2.45) is 11.3 Å². The van der Waals surface area contributed by atoms with Gasteiger partial charge in [0, 0.05) is 35.2 Å². The highest BCUT2D eigenvalue weighted by molar-refractivity contribution is 7.14. The van der Waals surface area contributed by atoms with Crippen LogP contribution in [0, 0.1) is 11.3 Å². The van der Waals surface area contributed by atoms with E-state index in [1.807, 2.05) is 0 Å². The van der Waals surface area contributed by atoms with Crippen LogP contribution in [0.5, 0.6) is 11.5 Å². The van der Waals surface area contributed by atoms with Gasteiger partial charge in [-0.25, -0.2) is 24.4 Å². The molecule has 5 unspecified atom stereocenters. The van der Waals surface area contributed by atoms with Crippen LogP contribution in [0.4, 0.5) is 14.7 Å². The largest absolute Gasteiger partial charge is 0.497 e. The number of alkyl carbamates (subject to hydrolysis) is 1. The fourth-order valence-corrected chi connectivity index (χ4v) is 8.18. The van der Waals surface area contributed by atoms with Gasteiger partial charge in [-0.2, -0.15) is 0 Å². The molecule has 1 aromatic carbocycles. The summed E-state index contributed by atoms with van der Waals surface area (Å²) in [4.78, 5) is 77.4. The maximum Gasteiger partial charge on any atom is 0.413 e. The Morgan fingerprint density at radius 2 is 1.78 bits per heavy atom. The summed E-state index contributed by atoms with van der Waals surface area (Å²) in [5, 5.41) is 20.9. The van der Waals surface area contributed by atoms with Crippen molar-refractivity contribution in [2.75, 3.05) is 19.0 Å². The topological polar surface area (TPSA) is 208 Å². The summed E-state index contributed by atoms with van der Waals surface area (Å²) in [7, 11) is 1.54. The normalized spacial score (nSPS) is 22.5. The molecule has 0 bridgehead atoms. The molecule has 3 heterocycles. The number of nitrogens with one attached hydrogen (secondary N) is 3. The van der Waals surface area contributed by atoms with Gasteiger partial charge in [0.2, 0.25) is 11.8 Å². The van der Waals surface area contributed by atoms with Crippen LogP contribution in [0.25, 0.3) is 22.3 Å². The summed E-state index contributed by atoms with van der Waals surface area (Å²) in [6, 6.07) is 4.73. The maximum absolute atomic E-state index is 14.6. The zero-order valence-electron chi connectivity index (χ0n) is 33.7. The summed E-state index contributed by atoms with van der Waals surface area (Å²) >= 11 is 1.19. The number of likely N-dealkylation sites (tertiary alicyclic amines) is 1. The van der Waals surface area contributed by atoms with Gasteiger partial charge in [-0.15, -0.1) is 17.9 Å². The number of carboxylic acid groups (broad SMARTS) is 1. The summed E-state index contributed by atoms with van der Waals surface area (Å²) < 4.78 is 23.0. The summed E-state index contributed by atoms with van der Waals surface area (Å²) in [5.74, 6) is -1.96. The number of hydrogen-bond acceptors (Lipinski definition) is 12. The lowest BCUT2D eigenvalue weighted by atomic mass is 9.85. The van der Waals surface area contributed by atoms with Gasteiger partial charge in [0.1, 0.15) is 47.0 Å². The van der Waals surface area contributed by atoms with Crippen LogP contribution in [0.1, 0.15) is 79.6 Å². The predicted molar refractivity (Wildman–Crippen MR) is 216 cm³/mol. The Balaban J connectivity index is 1.31. The Morgan fingerprint density at radius 1 is 1.03 bits per heavy atom. The Hall–Kier alpha value is -5.45. The van der Waals surface area contributed by atoms with Gasteiger partial charge < -0.3 is 39.6 Å². The first-order valence-corrected chi connectivity index (χ1v) is 20.4. The smallest absolute Gasteiger partial charge is 0.413 e. The lowest BCUT2D eigenvalue weighted by molar-refractivity contribution is -0.146. The number of aromatic nitrogens is 2. The van der Waals surface area contributed by atoms with Crippen molar-refractivity contribution in [1.82, 2.24) is 25.5 Å². The quantitative estimate of drug-likeness (QED) is 0.140. The number of thiazole rings is 1. The molecule has 3 aromatic rings. The number of carbonyl (C=O) groups excluding carboxylic acids is 4. The molecule has 1 saturated heterocycles. The van der Waals surface area contributed by atoms with Crippen molar-refractivity contribution in [3.63, 3.8) is 0 Å². The third-order valence-electron chi connectivity index (χ3n) is 10.7. The van der Waals surface area contributed by atoms with Gasteiger partial charge in [0.05, 0.1) is 31.0 Å². The lowest BCUT2D eigenvalue weighted by Gasteiger charge is -2.35. The van der Waals surface area contributed by atoms with E-state index in [0.29, 0.717) is 38.9 Å². The first-order valence-electron chi connectivity index (χ1n) is 19.6. The molecule has 2 aromatic heterocycles. The van der Waals surface area contributed by atoms with E-state index in [1.54, 1.807) is 64.3 Å². The van der Waals surface area contributed by atoms with Crippen molar-refractivity contribution in [3.8, 4) is 22.9 Å². The minimum Gasteiger partial charge on any atom is -0.497 e. The van der Waals surface area contributed by atoms with Crippen molar-refractivity contribution < 1.29 is 48.0 Å². The number of nitrogens with zero attached hydrogens (tertiary/aromatic N) is 3. The summed E-state index contributed by atoms with van der Waals surface area (Å²) in [6.07, 6.45) is 3.46. The van der Waals surface area contributed by atoms with Gasteiger partial charge in [-0.05, 0) is 63.5 Å². The molecule has 6 rings (SSSR count). The van der Waals surface area contributed by atoms with Gasteiger partial charge >= 0.3 is 18.2 Å². The van der Waals surface area contributed by atoms with Crippen LogP contribution >= 0.6 is 11.3 Å². The number of ether oxygens (including phenoxy) is 4. The summed E-state index contributed by atoms with van der Waals surface area (Å²) in [6.45, 7) is 12.6. The number of fused-ring (bicyclic) bond motifs is 1. The Bertz CT molecular complexity index is 2060. The standard InChI is InChI=1S/C41H52N6O10S/c1-8-23-19-41(23,36(50)51)46-34(48)31-17-26(20-47(31)35(49)33(40(4,5)6)44-38(52)57-24-12-10-9-11-13-24)56-32-18-29(42-28-16-25(54-7)14-15-27(28)32)30-21-58-37(43-30)45-39(53)55-22(2)3/h8,14-16,18,21-24,26,31,33H,1,9-13,17,19-20H2,2-7H3,(H,44,52)(H,46,48)(H,50,51)(H,43,45,53). The number of amides is 4. The summed E-state index contributed by atoms with van der Waals surface area (Å²) in [5.41, 5.74) is -0.982. The van der Waals surface area contributed by atoms with E-state index in [-0.39, 0.29) is 31.6 Å². The molecule has 5 atom stereocenters. The Labute approximate surface area is 341 Å². The predicted octanol–water partition coefficient (Wildman–Crippen LogP) is 6.29. The van der Waals surface area contributed by atoms with E-state index in [4.69, 9.17) is 23.9 Å². The van der Waals surface area contributed by atoms with Crippen molar-refractivity contribution >= 4 is 57.3 Å². The van der Waals surface area contributed by atoms with Crippen LogP contribution in [0.2, 0.25) is 0 Å². The molecule has 58 heavy (non-hydrogen) atoms. The number of rotatable bonds is 13. The van der Waals surface area contributed by atoms with E-state index in [0.717, 1.165) is 32.1 Å².